The zero-order chi connectivity index (χ0) is 17.8. The van der Waals surface area contributed by atoms with Crippen molar-refractivity contribution in [3.8, 4) is 0 Å². The van der Waals surface area contributed by atoms with E-state index in [4.69, 9.17) is 0 Å². The van der Waals surface area contributed by atoms with Gasteiger partial charge in [0.2, 0.25) is 0 Å². The molecule has 3 nitrogen and oxygen atoms in total. The van der Waals surface area contributed by atoms with Gasteiger partial charge in [-0.05, 0) is 57.4 Å². The fourth-order valence-corrected chi connectivity index (χ4v) is 3.06. The lowest BCUT2D eigenvalue weighted by atomic mass is 10.0. The van der Waals surface area contributed by atoms with Gasteiger partial charge in [0.1, 0.15) is 0 Å². The number of amides is 1. The average molecular weight is 332 g/mol. The number of hydrogen-bond donors (Lipinski definition) is 1. The fraction of sp³-hybridized carbons (Fsp3) is 0.273. The maximum Gasteiger partial charge on any atom is 0.252 e. The summed E-state index contributed by atoms with van der Waals surface area (Å²) in [7, 11) is 0. The topological polar surface area (TPSA) is 42.0 Å². The summed E-state index contributed by atoms with van der Waals surface area (Å²) in [5.41, 5.74) is 4.86. The van der Waals surface area contributed by atoms with Crippen molar-refractivity contribution in [3.63, 3.8) is 0 Å². The first kappa shape index (κ1) is 17.2. The van der Waals surface area contributed by atoms with Gasteiger partial charge >= 0.3 is 0 Å². The van der Waals surface area contributed by atoms with Gasteiger partial charge in [-0.3, -0.25) is 9.78 Å². The van der Waals surface area contributed by atoms with Gasteiger partial charge in [0.15, 0.2) is 0 Å². The molecule has 0 aliphatic carbocycles. The Balaban J connectivity index is 1.74. The monoisotopic (exact) mass is 332 g/mol. The highest BCUT2D eigenvalue weighted by Crippen LogP contribution is 2.20. The average Bonchev–Trinajstić information content (AvgIpc) is 2.60. The molecule has 25 heavy (non-hydrogen) atoms. The second-order valence-electron chi connectivity index (χ2n) is 6.73. The standard InChI is InChI=1S/C22H24N2O/c1-15-9-12-21-19(13-15)20(14-17(3)23-21)22(25)24-16(2)10-11-18-7-5-4-6-8-18/h4-9,12-14,16H,10-11H2,1-3H3,(H,24,25)/t16-/m1/s1. The third-order valence-corrected chi connectivity index (χ3v) is 4.42. The lowest BCUT2D eigenvalue weighted by Crippen LogP contribution is -2.33. The molecule has 2 aromatic carbocycles. The number of nitrogens with one attached hydrogen (secondary N) is 1. The lowest BCUT2D eigenvalue weighted by Gasteiger charge is -2.15. The number of benzene rings is 2. The number of carbonyl (C=O) groups is 1. The summed E-state index contributed by atoms with van der Waals surface area (Å²) in [4.78, 5) is 17.3. The van der Waals surface area contributed by atoms with Gasteiger partial charge in [0.25, 0.3) is 5.91 Å². The number of carbonyl (C=O) groups excluding carboxylic acids is 1. The molecule has 1 atom stereocenters. The molecule has 0 fully saturated rings. The summed E-state index contributed by atoms with van der Waals surface area (Å²) in [6, 6.07) is 18.4. The van der Waals surface area contributed by atoms with Crippen LogP contribution in [-0.2, 0) is 6.42 Å². The summed E-state index contributed by atoms with van der Waals surface area (Å²) in [6.07, 6.45) is 1.87. The van der Waals surface area contributed by atoms with Crippen molar-refractivity contribution in [2.45, 2.75) is 39.7 Å². The van der Waals surface area contributed by atoms with E-state index in [0.717, 1.165) is 35.0 Å². The Hall–Kier alpha value is -2.68. The van der Waals surface area contributed by atoms with Crippen molar-refractivity contribution in [2.75, 3.05) is 0 Å². The highest BCUT2D eigenvalue weighted by molar-refractivity contribution is 6.06. The number of fused-ring (bicyclic) bond motifs is 1. The van der Waals surface area contributed by atoms with Crippen LogP contribution in [0.4, 0.5) is 0 Å². The quantitative estimate of drug-likeness (QED) is 0.742. The van der Waals surface area contributed by atoms with Gasteiger partial charge in [-0.1, -0.05) is 42.0 Å². The van der Waals surface area contributed by atoms with Crippen LogP contribution in [0.15, 0.2) is 54.6 Å². The Labute approximate surface area is 149 Å². The predicted molar refractivity (Wildman–Crippen MR) is 103 cm³/mol. The molecule has 1 heterocycles. The maximum atomic E-state index is 12.8. The number of hydrogen-bond acceptors (Lipinski definition) is 2. The van der Waals surface area contributed by atoms with Crippen LogP contribution in [-0.4, -0.2) is 16.9 Å². The summed E-state index contributed by atoms with van der Waals surface area (Å²) in [5.74, 6) is -0.0262. The first-order chi connectivity index (χ1) is 12.0. The molecular weight excluding hydrogens is 308 g/mol. The second kappa shape index (κ2) is 7.47. The summed E-state index contributed by atoms with van der Waals surface area (Å²) in [6.45, 7) is 6.01. The van der Waals surface area contributed by atoms with E-state index in [1.807, 2.05) is 56.3 Å². The Bertz CT molecular complexity index is 887. The van der Waals surface area contributed by atoms with Crippen molar-refractivity contribution in [2.24, 2.45) is 0 Å². The zero-order valence-electron chi connectivity index (χ0n) is 15.0. The van der Waals surface area contributed by atoms with Gasteiger partial charge < -0.3 is 5.32 Å². The molecule has 0 radical (unpaired) electrons. The molecular formula is C22H24N2O. The summed E-state index contributed by atoms with van der Waals surface area (Å²) < 4.78 is 0. The molecule has 0 bridgehead atoms. The molecule has 0 aliphatic rings. The molecule has 128 valence electrons. The summed E-state index contributed by atoms with van der Waals surface area (Å²) in [5, 5.41) is 4.05. The first-order valence-corrected chi connectivity index (χ1v) is 8.76. The number of aromatic nitrogens is 1. The van der Waals surface area contributed by atoms with Gasteiger partial charge in [-0.15, -0.1) is 0 Å². The van der Waals surface area contributed by atoms with Crippen molar-refractivity contribution in [3.05, 3.63) is 77.0 Å². The molecule has 0 unspecified atom stereocenters. The highest BCUT2D eigenvalue weighted by atomic mass is 16.1. The fourth-order valence-electron chi connectivity index (χ4n) is 3.06. The van der Waals surface area contributed by atoms with Crippen LogP contribution in [0.1, 0.15) is 40.5 Å². The van der Waals surface area contributed by atoms with Gasteiger partial charge in [-0.2, -0.15) is 0 Å². The Morgan fingerprint density at radius 3 is 2.60 bits per heavy atom. The third-order valence-electron chi connectivity index (χ3n) is 4.42. The van der Waals surface area contributed by atoms with Gasteiger partial charge in [-0.25, -0.2) is 0 Å². The van der Waals surface area contributed by atoms with E-state index >= 15 is 0 Å². The second-order valence-corrected chi connectivity index (χ2v) is 6.73. The Morgan fingerprint density at radius 2 is 1.84 bits per heavy atom. The van der Waals surface area contributed by atoms with E-state index in [-0.39, 0.29) is 11.9 Å². The minimum absolute atomic E-state index is 0.0262. The van der Waals surface area contributed by atoms with E-state index in [9.17, 15) is 4.79 Å². The molecule has 0 spiro atoms. The van der Waals surface area contributed by atoms with Crippen LogP contribution in [0, 0.1) is 13.8 Å². The molecule has 1 amide bonds. The maximum absolute atomic E-state index is 12.8. The lowest BCUT2D eigenvalue weighted by molar-refractivity contribution is 0.0940. The SMILES string of the molecule is Cc1ccc2nc(C)cc(C(=O)N[C@H](C)CCc3ccccc3)c2c1. The van der Waals surface area contributed by atoms with Crippen LogP contribution in [0.3, 0.4) is 0 Å². The van der Waals surface area contributed by atoms with Crippen LogP contribution >= 0.6 is 0 Å². The molecule has 3 heteroatoms. The molecule has 3 aromatic rings. The number of pyridine rings is 1. The smallest absolute Gasteiger partial charge is 0.252 e. The van der Waals surface area contributed by atoms with E-state index in [1.165, 1.54) is 5.56 Å². The first-order valence-electron chi connectivity index (χ1n) is 8.76. The number of rotatable bonds is 5. The van der Waals surface area contributed by atoms with E-state index < -0.39 is 0 Å². The largest absolute Gasteiger partial charge is 0.350 e. The Morgan fingerprint density at radius 1 is 1.08 bits per heavy atom. The zero-order valence-corrected chi connectivity index (χ0v) is 15.0. The Kier molecular flexibility index (Phi) is 5.13. The van der Waals surface area contributed by atoms with Crippen molar-refractivity contribution >= 4 is 16.8 Å². The van der Waals surface area contributed by atoms with E-state index in [2.05, 4.69) is 29.4 Å². The van der Waals surface area contributed by atoms with Crippen LogP contribution in [0.5, 0.6) is 0 Å². The molecule has 0 saturated carbocycles. The minimum atomic E-state index is -0.0262. The van der Waals surface area contributed by atoms with Gasteiger partial charge in [0.05, 0.1) is 11.1 Å². The third kappa shape index (κ3) is 4.24. The molecule has 0 saturated heterocycles. The molecule has 0 aliphatic heterocycles. The highest BCUT2D eigenvalue weighted by Gasteiger charge is 2.14. The van der Waals surface area contributed by atoms with Crippen LogP contribution in [0.2, 0.25) is 0 Å². The van der Waals surface area contributed by atoms with Crippen molar-refractivity contribution in [1.29, 1.82) is 0 Å². The van der Waals surface area contributed by atoms with Crippen LogP contribution < -0.4 is 5.32 Å². The molecule has 1 aromatic heterocycles. The normalized spacial score (nSPS) is 12.1. The van der Waals surface area contributed by atoms with Gasteiger partial charge in [0, 0.05) is 17.1 Å². The van der Waals surface area contributed by atoms with Crippen LogP contribution in [0.25, 0.3) is 10.9 Å². The van der Waals surface area contributed by atoms with Crippen molar-refractivity contribution in [1.82, 2.24) is 10.3 Å². The summed E-state index contributed by atoms with van der Waals surface area (Å²) >= 11 is 0. The minimum Gasteiger partial charge on any atom is -0.350 e. The molecule has 1 N–H and O–H groups in total. The number of aryl methyl sites for hydroxylation is 3. The molecule has 3 rings (SSSR count). The number of nitrogens with zero attached hydrogens (tertiary/aromatic N) is 1. The van der Waals surface area contributed by atoms with E-state index in [0.29, 0.717) is 5.56 Å². The van der Waals surface area contributed by atoms with Crippen molar-refractivity contribution < 1.29 is 4.79 Å². The van der Waals surface area contributed by atoms with E-state index in [1.54, 1.807) is 0 Å². The predicted octanol–water partition coefficient (Wildman–Crippen LogP) is 4.60.